The number of benzene rings is 1. The quantitative estimate of drug-likeness (QED) is 0.697. The van der Waals surface area contributed by atoms with Crippen LogP contribution in [0.1, 0.15) is 49.1 Å². The predicted octanol–water partition coefficient (Wildman–Crippen LogP) is 2.73. The van der Waals surface area contributed by atoms with Crippen LogP contribution in [0, 0.1) is 5.92 Å². The Bertz CT molecular complexity index is 945. The number of nitrogens with one attached hydrogen (secondary N) is 1. The van der Waals surface area contributed by atoms with Crippen molar-refractivity contribution in [2.75, 3.05) is 6.54 Å². The zero-order valence-electron chi connectivity index (χ0n) is 17.0. The first kappa shape index (κ1) is 19.8. The molecule has 1 aromatic carbocycles. The molecule has 2 aliphatic heterocycles. The van der Waals surface area contributed by atoms with E-state index in [1.54, 1.807) is 4.90 Å². The van der Waals surface area contributed by atoms with Crippen molar-refractivity contribution >= 4 is 12.1 Å². The molecule has 10 nitrogen and oxygen atoms in total. The molecule has 2 atom stereocenters. The highest BCUT2D eigenvalue weighted by molar-refractivity contribution is 5.77. The molecular weight excluding hydrogens is 402 g/mol. The van der Waals surface area contributed by atoms with E-state index in [9.17, 15) is 9.59 Å². The number of rotatable bonds is 7. The van der Waals surface area contributed by atoms with Crippen molar-refractivity contribution in [3.63, 3.8) is 0 Å². The maximum absolute atomic E-state index is 12.9. The van der Waals surface area contributed by atoms with Crippen LogP contribution < -0.4 is 5.32 Å². The van der Waals surface area contributed by atoms with E-state index in [2.05, 4.69) is 15.5 Å². The summed E-state index contributed by atoms with van der Waals surface area (Å²) < 4.78 is 5.90. The summed E-state index contributed by atoms with van der Waals surface area (Å²) in [6.45, 7) is 0.937. The highest BCUT2D eigenvalue weighted by atomic mass is 16.7. The van der Waals surface area contributed by atoms with Gasteiger partial charge in [0.25, 0.3) is 0 Å². The molecule has 2 bridgehead atoms. The van der Waals surface area contributed by atoms with Gasteiger partial charge in [-0.25, -0.2) is 9.59 Å². The van der Waals surface area contributed by atoms with Gasteiger partial charge in [0.15, 0.2) is 0 Å². The normalized spacial score (nSPS) is 27.3. The van der Waals surface area contributed by atoms with Gasteiger partial charge in [0.1, 0.15) is 12.6 Å². The first-order valence-electron chi connectivity index (χ1n) is 10.6. The van der Waals surface area contributed by atoms with E-state index in [4.69, 9.17) is 14.4 Å². The molecule has 164 valence electrons. The maximum atomic E-state index is 12.9. The Morgan fingerprint density at radius 3 is 2.81 bits per heavy atom. The van der Waals surface area contributed by atoms with Crippen molar-refractivity contribution in [1.29, 1.82) is 0 Å². The van der Waals surface area contributed by atoms with E-state index in [0.29, 0.717) is 37.3 Å². The van der Waals surface area contributed by atoms with Gasteiger partial charge >= 0.3 is 12.1 Å². The minimum absolute atomic E-state index is 0.00394. The zero-order chi connectivity index (χ0) is 21.4. The minimum atomic E-state index is -0.990. The van der Waals surface area contributed by atoms with E-state index in [0.717, 1.165) is 31.2 Å². The summed E-state index contributed by atoms with van der Waals surface area (Å²) in [4.78, 5) is 31.2. The minimum Gasteiger partial charge on any atom is -0.465 e. The lowest BCUT2D eigenvalue weighted by Gasteiger charge is -2.34. The number of amides is 3. The number of carbonyl (C=O) groups excluding carboxylic acids is 1. The van der Waals surface area contributed by atoms with Crippen LogP contribution in [0.2, 0.25) is 0 Å². The fourth-order valence-corrected chi connectivity index (χ4v) is 4.70. The number of aromatic nitrogens is 2. The van der Waals surface area contributed by atoms with Crippen molar-refractivity contribution in [3.8, 4) is 0 Å². The second-order valence-electron chi connectivity index (χ2n) is 8.49. The number of hydrogen-bond acceptors (Lipinski definition) is 6. The topological polar surface area (TPSA) is 121 Å². The van der Waals surface area contributed by atoms with Gasteiger partial charge in [-0.2, -0.15) is 5.06 Å². The largest absolute Gasteiger partial charge is 0.465 e. The average molecular weight is 427 g/mol. The average Bonchev–Trinajstić information content (AvgIpc) is 3.29. The number of nitrogens with zero attached hydrogens (tertiary/aromatic N) is 4. The van der Waals surface area contributed by atoms with Crippen molar-refractivity contribution < 1.29 is 24.0 Å². The van der Waals surface area contributed by atoms with Gasteiger partial charge in [-0.3, -0.25) is 4.84 Å². The number of hydroxylamine groups is 2. The Morgan fingerprint density at radius 2 is 2.03 bits per heavy atom. The van der Waals surface area contributed by atoms with E-state index in [1.165, 1.54) is 5.06 Å². The van der Waals surface area contributed by atoms with Crippen molar-refractivity contribution in [3.05, 3.63) is 47.7 Å². The summed E-state index contributed by atoms with van der Waals surface area (Å²) in [5.74, 6) is 1.34. The highest BCUT2D eigenvalue weighted by Gasteiger charge is 2.47. The molecule has 1 aromatic heterocycles. The standard InChI is InChI=1S/C21H25N5O5/c27-20(28)22-15-8-14(9-15)10-18-23-24-19(31-18)17-7-6-16-11-25(17)21(29)26(16)30-12-13-4-2-1-3-5-13/h1-5,14-17,22H,6-12H2,(H,27,28)/t14?,15?,16?,17-/m0/s1. The van der Waals surface area contributed by atoms with E-state index >= 15 is 0 Å². The number of carboxylic acid groups (broad SMARTS) is 1. The maximum Gasteiger partial charge on any atom is 0.404 e. The van der Waals surface area contributed by atoms with E-state index < -0.39 is 6.09 Å². The molecule has 10 heteroatoms. The molecule has 3 amide bonds. The third kappa shape index (κ3) is 4.07. The van der Waals surface area contributed by atoms with Crippen LogP contribution in [0.25, 0.3) is 0 Å². The number of urea groups is 1. The first-order chi connectivity index (χ1) is 15.1. The van der Waals surface area contributed by atoms with E-state index in [1.807, 2.05) is 30.3 Å². The van der Waals surface area contributed by atoms with Gasteiger partial charge in [-0.15, -0.1) is 10.2 Å². The Morgan fingerprint density at radius 1 is 1.23 bits per heavy atom. The number of hydrogen-bond donors (Lipinski definition) is 2. The van der Waals surface area contributed by atoms with E-state index in [-0.39, 0.29) is 24.2 Å². The van der Waals surface area contributed by atoms with Crippen LogP contribution in [0.4, 0.5) is 9.59 Å². The molecule has 0 spiro atoms. The SMILES string of the molecule is O=C(O)NC1CC(Cc2nnc([C@@H]3CCC4CN3C(=O)N4OCc3ccccc3)o2)C1. The molecule has 1 aliphatic carbocycles. The predicted molar refractivity (Wildman–Crippen MR) is 107 cm³/mol. The molecule has 3 heterocycles. The fraction of sp³-hybridized carbons (Fsp3) is 0.524. The Kier molecular flexibility index (Phi) is 5.23. The van der Waals surface area contributed by atoms with Crippen LogP contribution in [0.3, 0.4) is 0 Å². The lowest BCUT2D eigenvalue weighted by Crippen LogP contribution is -2.44. The van der Waals surface area contributed by atoms with Crippen molar-refractivity contribution in [1.82, 2.24) is 25.5 Å². The molecule has 2 saturated heterocycles. The monoisotopic (exact) mass is 427 g/mol. The molecule has 3 fully saturated rings. The van der Waals surface area contributed by atoms with Crippen LogP contribution in [0.15, 0.2) is 34.7 Å². The summed E-state index contributed by atoms with van der Waals surface area (Å²) in [6.07, 6.45) is 2.74. The van der Waals surface area contributed by atoms with Gasteiger partial charge in [0.2, 0.25) is 11.8 Å². The summed E-state index contributed by atoms with van der Waals surface area (Å²) in [6, 6.07) is 9.41. The van der Waals surface area contributed by atoms with Crippen molar-refractivity contribution in [2.45, 2.75) is 56.8 Å². The molecule has 2 aromatic rings. The second-order valence-corrected chi connectivity index (χ2v) is 8.49. The molecule has 1 saturated carbocycles. The van der Waals surface area contributed by atoms with Gasteiger partial charge in [-0.1, -0.05) is 30.3 Å². The summed E-state index contributed by atoms with van der Waals surface area (Å²) in [7, 11) is 0. The van der Waals surface area contributed by atoms with Gasteiger partial charge in [0, 0.05) is 19.0 Å². The van der Waals surface area contributed by atoms with Gasteiger partial charge < -0.3 is 19.7 Å². The smallest absolute Gasteiger partial charge is 0.404 e. The summed E-state index contributed by atoms with van der Waals surface area (Å²) in [5, 5.41) is 21.1. The molecule has 3 aliphatic rings. The van der Waals surface area contributed by atoms with Crippen LogP contribution in [0.5, 0.6) is 0 Å². The number of carbonyl (C=O) groups is 2. The zero-order valence-corrected chi connectivity index (χ0v) is 17.0. The lowest BCUT2D eigenvalue weighted by molar-refractivity contribution is -0.140. The molecule has 31 heavy (non-hydrogen) atoms. The van der Waals surface area contributed by atoms with Gasteiger partial charge in [0.05, 0.1) is 6.04 Å². The molecule has 2 N–H and O–H groups in total. The van der Waals surface area contributed by atoms with Crippen LogP contribution >= 0.6 is 0 Å². The fourth-order valence-electron chi connectivity index (χ4n) is 4.70. The highest BCUT2D eigenvalue weighted by Crippen LogP contribution is 2.38. The second kappa shape index (κ2) is 8.18. The van der Waals surface area contributed by atoms with Gasteiger partial charge in [-0.05, 0) is 37.2 Å². The molecule has 5 rings (SSSR count). The van der Waals surface area contributed by atoms with Crippen LogP contribution in [-0.2, 0) is 17.9 Å². The summed E-state index contributed by atoms with van der Waals surface area (Å²) in [5.41, 5.74) is 1.02. The Labute approximate surface area is 179 Å². The number of fused-ring (bicyclic) bond motifs is 2. The van der Waals surface area contributed by atoms with Crippen molar-refractivity contribution in [2.24, 2.45) is 5.92 Å². The van der Waals surface area contributed by atoms with Crippen LogP contribution in [-0.4, -0.2) is 56.0 Å². The Balaban J connectivity index is 1.17. The first-order valence-corrected chi connectivity index (χ1v) is 10.6. The molecular formula is C21H25N5O5. The molecule has 0 radical (unpaired) electrons. The number of piperidine rings is 1. The third-order valence-electron chi connectivity index (χ3n) is 6.33. The Hall–Kier alpha value is -3.14. The third-order valence-corrected chi connectivity index (χ3v) is 6.33. The lowest BCUT2D eigenvalue weighted by atomic mass is 9.78. The molecule has 1 unspecified atom stereocenters. The summed E-state index contributed by atoms with van der Waals surface area (Å²) >= 11 is 0.